The molecule has 11 nitrogen and oxygen atoms in total. The Labute approximate surface area is 287 Å². The molecule has 0 unspecified atom stereocenters. The third kappa shape index (κ3) is 6.93. The number of carbonyl (C=O) groups excluding carboxylic acids is 2. The first-order valence-corrected chi connectivity index (χ1v) is 18.1. The lowest BCUT2D eigenvalue weighted by molar-refractivity contribution is -0.135. The monoisotopic (exact) mass is 672 g/mol. The fourth-order valence-corrected chi connectivity index (χ4v) is 8.62. The average molecular weight is 673 g/mol. The number of ketones is 1. The Morgan fingerprint density at radius 1 is 0.979 bits per heavy atom. The molecule has 256 valence electrons. The van der Waals surface area contributed by atoms with Gasteiger partial charge in [-0.05, 0) is 113 Å². The van der Waals surface area contributed by atoms with Crippen LogP contribution in [0, 0.1) is 6.92 Å². The van der Waals surface area contributed by atoms with Crippen LogP contribution in [0.3, 0.4) is 0 Å². The molecule has 0 spiro atoms. The van der Waals surface area contributed by atoms with Gasteiger partial charge in [0.05, 0.1) is 17.4 Å². The Morgan fingerprint density at radius 3 is 2.48 bits per heavy atom. The Hall–Kier alpha value is -3.61. The van der Waals surface area contributed by atoms with E-state index in [0.717, 1.165) is 98.1 Å². The number of likely N-dealkylation sites (tertiary alicyclic amines) is 2. The van der Waals surface area contributed by atoms with E-state index >= 15 is 0 Å². The topological polar surface area (TPSA) is 121 Å². The van der Waals surface area contributed by atoms with E-state index < -0.39 is 6.04 Å². The van der Waals surface area contributed by atoms with Crippen LogP contribution in [0.25, 0.3) is 10.9 Å². The number of nitrogens with one attached hydrogen (secondary N) is 3. The van der Waals surface area contributed by atoms with Crippen LogP contribution >= 0.6 is 12.2 Å². The molecule has 4 aliphatic rings. The summed E-state index contributed by atoms with van der Waals surface area (Å²) in [7, 11) is 2.19. The third-order valence-electron chi connectivity index (χ3n) is 11.2. The molecule has 5 heterocycles. The molecular formula is C36H48N8O3S. The Morgan fingerprint density at radius 2 is 1.73 bits per heavy atom. The van der Waals surface area contributed by atoms with Crippen molar-refractivity contribution in [3.63, 3.8) is 0 Å². The van der Waals surface area contributed by atoms with E-state index in [1.54, 1.807) is 0 Å². The molecular weight excluding hydrogens is 625 g/mol. The summed E-state index contributed by atoms with van der Waals surface area (Å²) in [6.45, 7) is 8.98. The van der Waals surface area contributed by atoms with Crippen LogP contribution in [0.5, 0.6) is 0 Å². The van der Waals surface area contributed by atoms with Crippen molar-refractivity contribution >= 4 is 39.9 Å². The molecule has 0 radical (unpaired) electrons. The Bertz CT molecular complexity index is 1730. The number of nitrogens with zero attached hydrogens (tertiary/aromatic N) is 5. The first-order valence-electron chi connectivity index (χ1n) is 17.7. The highest BCUT2D eigenvalue weighted by molar-refractivity contribution is 7.80. The quantitative estimate of drug-likeness (QED) is 0.340. The van der Waals surface area contributed by atoms with E-state index in [9.17, 15) is 14.4 Å². The van der Waals surface area contributed by atoms with Crippen molar-refractivity contribution in [2.45, 2.75) is 76.3 Å². The summed E-state index contributed by atoms with van der Waals surface area (Å²) in [5.41, 5.74) is 5.29. The summed E-state index contributed by atoms with van der Waals surface area (Å²) < 4.78 is 0. The van der Waals surface area contributed by atoms with Gasteiger partial charge < -0.3 is 25.0 Å². The van der Waals surface area contributed by atoms with Crippen molar-refractivity contribution in [2.24, 2.45) is 0 Å². The van der Waals surface area contributed by atoms with Crippen LogP contribution in [0.15, 0.2) is 29.2 Å². The van der Waals surface area contributed by atoms with E-state index in [1.807, 2.05) is 17.2 Å². The van der Waals surface area contributed by atoms with Gasteiger partial charge in [0.1, 0.15) is 6.04 Å². The molecule has 3 aromatic rings. The molecule has 12 heteroatoms. The standard InChI is InChI=1S/C36H48N8O3S/c1-23-18-24(19-27-22-37-40-32(23)27)20-30(35(47)43-16-14-42(15-17-43)28-8-10-41(2)11-9-28)38-36(48)44-12-6-25(7-13-44)29-21-26-4-3-5-31(45)33(26)39-34(29)46/h18-19,21-22,25,28,30H,3-17,20H2,1-2H3,(H,37,40)(H,38,48)(H,39,46)/t30-/m1/s1. The maximum absolute atomic E-state index is 14.2. The maximum atomic E-state index is 14.2. The molecule has 48 heavy (non-hydrogen) atoms. The van der Waals surface area contributed by atoms with Crippen LogP contribution in [-0.2, 0) is 17.6 Å². The highest BCUT2D eigenvalue weighted by Crippen LogP contribution is 2.29. The van der Waals surface area contributed by atoms with Gasteiger partial charge in [-0.15, -0.1) is 0 Å². The summed E-state index contributed by atoms with van der Waals surface area (Å²) >= 11 is 5.98. The first kappa shape index (κ1) is 32.9. The van der Waals surface area contributed by atoms with Crippen molar-refractivity contribution in [2.75, 3.05) is 59.4 Å². The van der Waals surface area contributed by atoms with E-state index in [2.05, 4.69) is 61.3 Å². The molecule has 7 rings (SSSR count). The first-order chi connectivity index (χ1) is 23.2. The van der Waals surface area contributed by atoms with Crippen LogP contribution in [0.2, 0.25) is 0 Å². The second-order valence-electron chi connectivity index (χ2n) is 14.3. The van der Waals surface area contributed by atoms with E-state index in [-0.39, 0.29) is 23.2 Å². The molecule has 3 N–H and O–H groups in total. The molecule has 1 aromatic carbocycles. The number of hydrogen-bond donors (Lipinski definition) is 3. The average Bonchev–Trinajstić information content (AvgIpc) is 3.58. The molecule has 1 aliphatic carbocycles. The highest BCUT2D eigenvalue weighted by Gasteiger charge is 2.33. The number of fused-ring (bicyclic) bond motifs is 2. The molecule has 3 saturated heterocycles. The second-order valence-corrected chi connectivity index (χ2v) is 14.7. The van der Waals surface area contributed by atoms with Crippen LogP contribution in [-0.4, -0.2) is 123 Å². The van der Waals surface area contributed by atoms with Crippen molar-refractivity contribution in [1.82, 2.24) is 40.1 Å². The normalized spacial score (nSPS) is 21.0. The number of aromatic amines is 2. The lowest BCUT2D eigenvalue weighted by atomic mass is 9.87. The number of Topliss-reactive ketones (excluding diaryl/α,β-unsaturated/α-hetero) is 1. The lowest BCUT2D eigenvalue weighted by Gasteiger charge is -2.43. The molecule has 0 bridgehead atoms. The van der Waals surface area contributed by atoms with Gasteiger partial charge in [-0.2, -0.15) is 5.10 Å². The molecule has 2 aromatic heterocycles. The minimum Gasteiger partial charge on any atom is -0.350 e. The minimum atomic E-state index is -0.491. The van der Waals surface area contributed by atoms with Gasteiger partial charge in [0.2, 0.25) is 5.91 Å². The molecule has 3 fully saturated rings. The predicted octanol–water partition coefficient (Wildman–Crippen LogP) is 2.98. The third-order valence-corrected chi connectivity index (χ3v) is 11.6. The van der Waals surface area contributed by atoms with Gasteiger partial charge in [-0.25, -0.2) is 0 Å². The number of piperazine rings is 1. The van der Waals surface area contributed by atoms with Crippen molar-refractivity contribution in [1.29, 1.82) is 0 Å². The maximum Gasteiger partial charge on any atom is 0.251 e. The molecule has 1 atom stereocenters. The zero-order chi connectivity index (χ0) is 33.4. The Kier molecular flexibility index (Phi) is 9.66. The zero-order valence-electron chi connectivity index (χ0n) is 28.2. The fourth-order valence-electron chi connectivity index (χ4n) is 8.29. The highest BCUT2D eigenvalue weighted by atomic mass is 32.1. The SMILES string of the molecule is Cc1cc(C[C@@H](NC(=S)N2CCC(c3cc4c([nH]c3=O)C(=O)CCC4)CC2)C(=O)N2CCN(C3CCN(C)CC3)CC2)cc2cn[nH]c12. The van der Waals surface area contributed by atoms with Gasteiger partial charge in [0, 0.05) is 69.1 Å². The summed E-state index contributed by atoms with van der Waals surface area (Å²) in [5.74, 6) is 0.239. The van der Waals surface area contributed by atoms with E-state index in [0.29, 0.717) is 42.8 Å². The number of hydrogen-bond acceptors (Lipinski definition) is 7. The number of rotatable bonds is 6. The number of benzene rings is 1. The number of pyridine rings is 1. The molecule has 0 saturated carbocycles. The van der Waals surface area contributed by atoms with E-state index in [1.165, 1.54) is 12.8 Å². The van der Waals surface area contributed by atoms with Gasteiger partial charge >= 0.3 is 0 Å². The largest absolute Gasteiger partial charge is 0.350 e. The second kappa shape index (κ2) is 14.1. The number of aryl methyl sites for hydroxylation is 2. The molecule has 3 aliphatic heterocycles. The lowest BCUT2D eigenvalue weighted by Crippen LogP contribution is -2.59. The van der Waals surface area contributed by atoms with Gasteiger partial charge in [0.15, 0.2) is 10.9 Å². The van der Waals surface area contributed by atoms with Crippen LogP contribution in [0.1, 0.15) is 77.2 Å². The summed E-state index contributed by atoms with van der Waals surface area (Å²) in [6.07, 6.45) is 8.46. The number of carbonyl (C=O) groups is 2. The fraction of sp³-hybridized carbons (Fsp3) is 0.583. The summed E-state index contributed by atoms with van der Waals surface area (Å²) in [6, 6.07) is 6.34. The Balaban J connectivity index is 1.02. The number of H-pyrrole nitrogens is 2. The van der Waals surface area contributed by atoms with Gasteiger partial charge in [-0.1, -0.05) is 6.07 Å². The zero-order valence-corrected chi connectivity index (χ0v) is 29.0. The van der Waals surface area contributed by atoms with Crippen LogP contribution in [0.4, 0.5) is 0 Å². The molecule has 1 amide bonds. The number of amides is 1. The van der Waals surface area contributed by atoms with Gasteiger partial charge in [0.25, 0.3) is 5.56 Å². The van der Waals surface area contributed by atoms with Crippen LogP contribution < -0.4 is 10.9 Å². The van der Waals surface area contributed by atoms with Crippen molar-refractivity contribution < 1.29 is 9.59 Å². The van der Waals surface area contributed by atoms with Gasteiger partial charge in [-0.3, -0.25) is 24.4 Å². The number of piperidine rings is 2. The van der Waals surface area contributed by atoms with Crippen molar-refractivity contribution in [3.05, 3.63) is 62.7 Å². The number of thiocarbonyl (C=S) groups is 1. The minimum absolute atomic E-state index is 0.0363. The number of aromatic nitrogens is 3. The summed E-state index contributed by atoms with van der Waals surface area (Å²) in [5, 5.41) is 12.4. The smallest absolute Gasteiger partial charge is 0.251 e. The van der Waals surface area contributed by atoms with E-state index in [4.69, 9.17) is 12.2 Å². The van der Waals surface area contributed by atoms with Crippen molar-refractivity contribution in [3.8, 4) is 0 Å². The predicted molar refractivity (Wildman–Crippen MR) is 191 cm³/mol. The summed E-state index contributed by atoms with van der Waals surface area (Å²) in [4.78, 5) is 51.6.